The van der Waals surface area contributed by atoms with E-state index in [9.17, 15) is 9.18 Å². The van der Waals surface area contributed by atoms with Crippen molar-refractivity contribution in [3.8, 4) is 17.6 Å². The second-order valence-electron chi connectivity index (χ2n) is 4.11. The highest BCUT2D eigenvalue weighted by Gasteiger charge is 2.12. The minimum absolute atomic E-state index is 0.121. The molecule has 2 aromatic rings. The largest absolute Gasteiger partial charge is 0.508 e. The van der Waals surface area contributed by atoms with Crippen molar-refractivity contribution in [2.45, 2.75) is 6.54 Å². The van der Waals surface area contributed by atoms with E-state index in [0.29, 0.717) is 0 Å². The highest BCUT2D eigenvalue weighted by Crippen LogP contribution is 2.16. The number of hydrogen-bond acceptors (Lipinski definition) is 4. The molecule has 1 heterocycles. The maximum Gasteiger partial charge on any atom is 0.254 e. The molecule has 0 radical (unpaired) electrons. The fourth-order valence-electron chi connectivity index (χ4n) is 1.63. The molecule has 1 aromatic carbocycles. The van der Waals surface area contributed by atoms with Gasteiger partial charge in [-0.2, -0.15) is 0 Å². The van der Waals surface area contributed by atoms with Crippen molar-refractivity contribution in [2.24, 2.45) is 0 Å². The zero-order valence-corrected chi connectivity index (χ0v) is 11.7. The first-order valence-electron chi connectivity index (χ1n) is 6.04. The first kappa shape index (κ1) is 15.0. The number of thiophene rings is 1. The van der Waals surface area contributed by atoms with E-state index in [4.69, 9.17) is 10.2 Å². The second kappa shape index (κ2) is 6.88. The third-order valence-corrected chi connectivity index (χ3v) is 3.52. The van der Waals surface area contributed by atoms with E-state index in [1.54, 1.807) is 6.07 Å². The van der Waals surface area contributed by atoms with Crippen LogP contribution >= 0.6 is 11.3 Å². The summed E-state index contributed by atoms with van der Waals surface area (Å²) in [5.41, 5.74) is 0.638. The van der Waals surface area contributed by atoms with E-state index in [1.165, 1.54) is 23.5 Å². The number of hydrogen-bond donors (Lipinski definition) is 3. The first-order chi connectivity index (χ1) is 10.1. The summed E-state index contributed by atoms with van der Waals surface area (Å²) in [5, 5.41) is 22.1. The Labute approximate surface area is 124 Å². The minimum atomic E-state index is -0.770. The lowest BCUT2D eigenvalue weighted by molar-refractivity contribution is 0.0947. The molecular formula is C15H12FNO3S. The number of aliphatic hydroxyl groups excluding tert-OH is 1. The lowest BCUT2D eigenvalue weighted by Gasteiger charge is -2.05. The molecule has 0 fully saturated rings. The molecule has 1 aromatic heterocycles. The van der Waals surface area contributed by atoms with Gasteiger partial charge < -0.3 is 15.5 Å². The van der Waals surface area contributed by atoms with Gasteiger partial charge in [-0.25, -0.2) is 4.39 Å². The third kappa shape index (κ3) is 4.05. The summed E-state index contributed by atoms with van der Waals surface area (Å²) in [6.45, 7) is 0.0483. The van der Waals surface area contributed by atoms with Crippen molar-refractivity contribution in [3.63, 3.8) is 0 Å². The quantitative estimate of drug-likeness (QED) is 0.758. The zero-order valence-electron chi connectivity index (χ0n) is 10.9. The molecule has 0 atom stereocenters. The van der Waals surface area contributed by atoms with Crippen molar-refractivity contribution < 1.29 is 19.4 Å². The zero-order chi connectivity index (χ0) is 15.2. The van der Waals surface area contributed by atoms with Gasteiger partial charge in [-0.3, -0.25) is 4.79 Å². The topological polar surface area (TPSA) is 69.6 Å². The summed E-state index contributed by atoms with van der Waals surface area (Å²) < 4.78 is 13.5. The van der Waals surface area contributed by atoms with Gasteiger partial charge in [0.2, 0.25) is 0 Å². The van der Waals surface area contributed by atoms with E-state index < -0.39 is 11.7 Å². The normalized spacial score (nSPS) is 9.81. The number of phenols is 1. The van der Waals surface area contributed by atoms with Gasteiger partial charge in [0.15, 0.2) is 0 Å². The van der Waals surface area contributed by atoms with Crippen LogP contribution in [0, 0.1) is 17.7 Å². The minimum Gasteiger partial charge on any atom is -0.508 e. The van der Waals surface area contributed by atoms with Gasteiger partial charge in [0.05, 0.1) is 12.1 Å². The number of amides is 1. The van der Waals surface area contributed by atoms with Crippen LogP contribution in [0.25, 0.3) is 0 Å². The van der Waals surface area contributed by atoms with E-state index in [1.807, 2.05) is 5.38 Å². The van der Waals surface area contributed by atoms with Crippen molar-refractivity contribution >= 4 is 17.2 Å². The number of nitrogens with one attached hydrogen (secondary N) is 1. The molecule has 3 N–H and O–H groups in total. The van der Waals surface area contributed by atoms with E-state index in [-0.39, 0.29) is 24.5 Å². The average molecular weight is 305 g/mol. The lowest BCUT2D eigenvalue weighted by Crippen LogP contribution is -2.23. The number of halogens is 1. The molecule has 4 nitrogen and oxygen atoms in total. The second-order valence-corrected chi connectivity index (χ2v) is 5.10. The smallest absolute Gasteiger partial charge is 0.254 e. The van der Waals surface area contributed by atoms with Gasteiger partial charge in [0.25, 0.3) is 5.91 Å². The molecule has 0 unspecified atom stereocenters. The van der Waals surface area contributed by atoms with Crippen LogP contribution < -0.4 is 5.32 Å². The Balaban J connectivity index is 1.99. The van der Waals surface area contributed by atoms with Crippen LogP contribution in [0.15, 0.2) is 29.6 Å². The van der Waals surface area contributed by atoms with Crippen LogP contribution in [-0.4, -0.2) is 22.7 Å². The number of aromatic hydroxyl groups is 1. The van der Waals surface area contributed by atoms with Gasteiger partial charge in [0, 0.05) is 21.9 Å². The highest BCUT2D eigenvalue weighted by molar-refractivity contribution is 7.10. The monoisotopic (exact) mass is 305 g/mol. The molecule has 6 heteroatoms. The van der Waals surface area contributed by atoms with Crippen LogP contribution in [0.2, 0.25) is 0 Å². The number of phenolic OH excluding ortho intramolecular Hbond substituents is 1. The standard InChI is InChI=1S/C15H12FNO3S/c16-14-7-11(19)3-4-13(14)15(20)17-8-12-6-10(9-21-12)2-1-5-18/h3-4,6-7,9,18-19H,5,8H2,(H,17,20). The van der Waals surface area contributed by atoms with Crippen LogP contribution in [0.5, 0.6) is 5.75 Å². The Morgan fingerprint density at radius 1 is 1.38 bits per heavy atom. The molecule has 0 aliphatic heterocycles. The highest BCUT2D eigenvalue weighted by atomic mass is 32.1. The van der Waals surface area contributed by atoms with Gasteiger partial charge in [-0.05, 0) is 18.2 Å². The van der Waals surface area contributed by atoms with Crippen LogP contribution in [0.1, 0.15) is 20.8 Å². The molecule has 1 amide bonds. The SMILES string of the molecule is O=C(NCc1cc(C#CCO)cs1)c1ccc(O)cc1F. The Bertz CT molecular complexity index is 715. The van der Waals surface area contributed by atoms with Crippen molar-refractivity contribution in [2.75, 3.05) is 6.61 Å². The maximum atomic E-state index is 13.5. The molecule has 2 rings (SSSR count). The number of carbonyl (C=O) groups is 1. The third-order valence-electron chi connectivity index (χ3n) is 2.59. The molecule has 21 heavy (non-hydrogen) atoms. The van der Waals surface area contributed by atoms with E-state index in [2.05, 4.69) is 17.2 Å². The molecule has 0 spiro atoms. The molecule has 0 aliphatic carbocycles. The summed E-state index contributed by atoms with van der Waals surface area (Å²) in [5.74, 6) is 3.74. The lowest BCUT2D eigenvalue weighted by atomic mass is 10.2. The van der Waals surface area contributed by atoms with Crippen molar-refractivity contribution in [1.29, 1.82) is 0 Å². The van der Waals surface area contributed by atoms with Gasteiger partial charge in [-0.1, -0.05) is 11.8 Å². The number of rotatable bonds is 3. The molecule has 0 saturated heterocycles. The van der Waals surface area contributed by atoms with Crippen molar-refractivity contribution in [3.05, 3.63) is 51.5 Å². The molecule has 0 aliphatic rings. The number of carbonyl (C=O) groups excluding carboxylic acids is 1. The number of benzene rings is 1. The Hall–Kier alpha value is -2.36. The summed E-state index contributed by atoms with van der Waals surface area (Å²) in [7, 11) is 0. The molecule has 0 bridgehead atoms. The fraction of sp³-hybridized carbons (Fsp3) is 0.133. The predicted molar refractivity (Wildman–Crippen MR) is 77.5 cm³/mol. The van der Waals surface area contributed by atoms with Crippen LogP contribution in [0.4, 0.5) is 4.39 Å². The van der Waals surface area contributed by atoms with E-state index >= 15 is 0 Å². The Morgan fingerprint density at radius 3 is 2.90 bits per heavy atom. The van der Waals surface area contributed by atoms with E-state index in [0.717, 1.165) is 16.5 Å². The molecule has 0 saturated carbocycles. The van der Waals surface area contributed by atoms with Crippen LogP contribution in [-0.2, 0) is 6.54 Å². The number of aliphatic hydroxyl groups is 1. The van der Waals surface area contributed by atoms with Gasteiger partial charge in [-0.15, -0.1) is 11.3 Å². The molecular weight excluding hydrogens is 293 g/mol. The predicted octanol–water partition coefficient (Wildman–Crippen LogP) is 1.87. The maximum absolute atomic E-state index is 13.5. The summed E-state index contributed by atoms with van der Waals surface area (Å²) in [4.78, 5) is 12.7. The van der Waals surface area contributed by atoms with Crippen molar-refractivity contribution in [1.82, 2.24) is 5.32 Å². The summed E-state index contributed by atoms with van der Waals surface area (Å²) >= 11 is 1.41. The first-order valence-corrected chi connectivity index (χ1v) is 6.92. The average Bonchev–Trinajstić information content (AvgIpc) is 2.90. The van der Waals surface area contributed by atoms with Gasteiger partial charge >= 0.3 is 0 Å². The summed E-state index contributed by atoms with van der Waals surface area (Å²) in [6, 6.07) is 5.17. The Morgan fingerprint density at radius 2 is 2.19 bits per heavy atom. The fourth-order valence-corrected chi connectivity index (χ4v) is 2.39. The summed E-state index contributed by atoms with van der Waals surface area (Å²) in [6.07, 6.45) is 0. The molecule has 108 valence electrons. The Kier molecular flexibility index (Phi) is 4.93. The van der Waals surface area contributed by atoms with Gasteiger partial charge in [0.1, 0.15) is 18.2 Å². The van der Waals surface area contributed by atoms with Crippen LogP contribution in [0.3, 0.4) is 0 Å².